The van der Waals surface area contributed by atoms with E-state index in [0.29, 0.717) is 18.8 Å². The van der Waals surface area contributed by atoms with Gasteiger partial charge < -0.3 is 10.1 Å². The number of aliphatic imine (C=N–C) groups is 1. The minimum Gasteiger partial charge on any atom is -0.452 e. The van der Waals surface area contributed by atoms with Crippen molar-refractivity contribution in [3.8, 4) is 0 Å². The fourth-order valence-electron chi connectivity index (χ4n) is 2.93. The number of sulfonamides is 2. The van der Waals surface area contributed by atoms with Crippen molar-refractivity contribution in [1.29, 1.82) is 0 Å². The van der Waals surface area contributed by atoms with Crippen LogP contribution in [0.15, 0.2) is 58.4 Å². The van der Waals surface area contributed by atoms with Crippen LogP contribution in [-0.2, 0) is 29.6 Å². The smallest absolute Gasteiger partial charge is 0.340 e. The summed E-state index contributed by atoms with van der Waals surface area (Å²) in [6.07, 6.45) is 2.26. The zero-order valence-corrected chi connectivity index (χ0v) is 19.2. The Kier molecular flexibility index (Phi) is 7.33. The fraction of sp³-hybridized carbons (Fsp3) is 0.250. The summed E-state index contributed by atoms with van der Waals surface area (Å²) >= 11 is 0. The average molecular weight is 495 g/mol. The summed E-state index contributed by atoms with van der Waals surface area (Å²) in [6.45, 7) is -0.0977. The van der Waals surface area contributed by atoms with Gasteiger partial charge in [-0.05, 0) is 36.8 Å². The number of nitrogens with one attached hydrogen (secondary N) is 3. The molecule has 3 N–H and O–H groups in total. The molecule has 0 bridgehead atoms. The molecule has 13 heteroatoms. The highest BCUT2D eigenvalue weighted by atomic mass is 32.2. The number of nitrogens with zero attached hydrogens (tertiary/aromatic N) is 1. The number of ether oxygens (including phenoxy) is 1. The first-order valence-corrected chi connectivity index (χ1v) is 13.1. The predicted octanol–water partition coefficient (Wildman–Crippen LogP) is 1.32. The molecule has 2 aromatic rings. The van der Waals surface area contributed by atoms with Crippen LogP contribution in [0.5, 0.6) is 0 Å². The van der Waals surface area contributed by atoms with Crippen molar-refractivity contribution in [1.82, 2.24) is 4.72 Å². The van der Waals surface area contributed by atoms with Crippen molar-refractivity contribution >= 4 is 49.1 Å². The fourth-order valence-corrected chi connectivity index (χ4v) is 4.65. The van der Waals surface area contributed by atoms with E-state index in [1.807, 2.05) is 0 Å². The molecule has 0 unspecified atom stereocenters. The maximum Gasteiger partial charge on any atom is 0.340 e. The Balaban J connectivity index is 1.62. The summed E-state index contributed by atoms with van der Waals surface area (Å²) in [4.78, 5) is 28.6. The molecule has 0 fully saturated rings. The van der Waals surface area contributed by atoms with Crippen LogP contribution in [0.25, 0.3) is 0 Å². The first-order chi connectivity index (χ1) is 15.5. The molecule has 0 atom stereocenters. The van der Waals surface area contributed by atoms with Gasteiger partial charge in [-0.3, -0.25) is 19.2 Å². The Morgan fingerprint density at radius 2 is 1.79 bits per heavy atom. The summed E-state index contributed by atoms with van der Waals surface area (Å²) in [7, 11) is -7.48. The molecule has 1 aliphatic rings. The van der Waals surface area contributed by atoms with E-state index in [-0.39, 0.29) is 21.8 Å². The molecule has 0 spiro atoms. The first-order valence-electron chi connectivity index (χ1n) is 9.73. The second-order valence-electron chi connectivity index (χ2n) is 7.11. The molecule has 2 aromatic carbocycles. The summed E-state index contributed by atoms with van der Waals surface area (Å²) in [5.74, 6) is -1.23. The third-order valence-electron chi connectivity index (χ3n) is 4.33. The number of hydrogen-bond donors (Lipinski definition) is 3. The summed E-state index contributed by atoms with van der Waals surface area (Å²) in [5, 5.41) is 2.46. The highest BCUT2D eigenvalue weighted by Gasteiger charge is 2.20. The normalized spacial score (nSPS) is 13.7. The van der Waals surface area contributed by atoms with E-state index in [9.17, 15) is 26.4 Å². The molecule has 1 amide bonds. The van der Waals surface area contributed by atoms with Gasteiger partial charge in [0.25, 0.3) is 15.9 Å². The zero-order chi connectivity index (χ0) is 24.1. The number of anilines is 2. The number of rotatable bonds is 8. The van der Waals surface area contributed by atoms with Gasteiger partial charge in [-0.2, -0.15) is 0 Å². The second kappa shape index (κ2) is 10.0. The zero-order valence-electron chi connectivity index (χ0n) is 17.6. The molecule has 0 saturated heterocycles. The molecule has 11 nitrogen and oxygen atoms in total. The largest absolute Gasteiger partial charge is 0.452 e. The summed E-state index contributed by atoms with van der Waals surface area (Å²) in [5.41, 5.74) is 0.138. The van der Waals surface area contributed by atoms with Gasteiger partial charge in [0.2, 0.25) is 10.0 Å². The highest BCUT2D eigenvalue weighted by Crippen LogP contribution is 2.18. The number of benzene rings is 2. The molecule has 0 radical (unpaired) electrons. The number of carbonyl (C=O) groups is 2. The van der Waals surface area contributed by atoms with Crippen molar-refractivity contribution in [3.05, 3.63) is 54.1 Å². The third kappa shape index (κ3) is 7.02. The van der Waals surface area contributed by atoms with Crippen LogP contribution in [0.2, 0.25) is 0 Å². The number of carbonyl (C=O) groups excluding carboxylic acids is 2. The molecule has 3 rings (SSSR count). The van der Waals surface area contributed by atoms with Gasteiger partial charge in [0.05, 0.1) is 22.4 Å². The summed E-state index contributed by atoms with van der Waals surface area (Å²) < 4.78 is 57.5. The van der Waals surface area contributed by atoms with Gasteiger partial charge in [0.15, 0.2) is 6.61 Å². The van der Waals surface area contributed by atoms with Crippen LogP contribution in [0.4, 0.5) is 11.4 Å². The Morgan fingerprint density at radius 1 is 1.03 bits per heavy atom. The molecule has 0 aliphatic carbocycles. The minimum atomic E-state index is -3.86. The van der Waals surface area contributed by atoms with Crippen LogP contribution in [0.3, 0.4) is 0 Å². The van der Waals surface area contributed by atoms with Crippen LogP contribution in [0, 0.1) is 0 Å². The summed E-state index contributed by atoms with van der Waals surface area (Å²) in [6, 6.07) is 11.4. The molecule has 1 heterocycles. The molecule has 176 valence electrons. The number of para-hydroxylation sites is 1. The van der Waals surface area contributed by atoms with E-state index in [4.69, 9.17) is 4.74 Å². The van der Waals surface area contributed by atoms with E-state index in [1.54, 1.807) is 0 Å². The lowest BCUT2D eigenvalue weighted by atomic mass is 10.2. The average Bonchev–Trinajstić information content (AvgIpc) is 3.24. The van der Waals surface area contributed by atoms with E-state index in [2.05, 4.69) is 19.8 Å². The highest BCUT2D eigenvalue weighted by molar-refractivity contribution is 7.92. The lowest BCUT2D eigenvalue weighted by molar-refractivity contribution is -0.119. The van der Waals surface area contributed by atoms with Crippen molar-refractivity contribution in [2.75, 3.05) is 29.4 Å². The first kappa shape index (κ1) is 24.2. The van der Waals surface area contributed by atoms with Gasteiger partial charge >= 0.3 is 5.97 Å². The molecule has 0 saturated carbocycles. The minimum absolute atomic E-state index is 0.0164. The maximum atomic E-state index is 12.5. The standard InChI is InChI=1S/C20H22N4O7S2/c1-32(27,28)23-17-9-3-2-8-16(17)20(26)31-13-19(25)22-14-6-4-7-15(12-14)33(29,30)24-18-10-5-11-21-18/h2-4,6-9,12,23H,5,10-11,13H2,1H3,(H,21,24)(H,22,25). The van der Waals surface area contributed by atoms with Gasteiger partial charge in [0, 0.05) is 18.7 Å². The molecular weight excluding hydrogens is 472 g/mol. The van der Waals surface area contributed by atoms with E-state index < -0.39 is 38.5 Å². The SMILES string of the molecule is CS(=O)(=O)Nc1ccccc1C(=O)OCC(=O)Nc1cccc(S(=O)(=O)NC2=NCCC2)c1. The van der Waals surface area contributed by atoms with Gasteiger partial charge in [-0.15, -0.1) is 0 Å². The number of amidine groups is 1. The number of hydrogen-bond acceptors (Lipinski definition) is 8. The monoisotopic (exact) mass is 494 g/mol. The van der Waals surface area contributed by atoms with Crippen molar-refractivity contribution < 1.29 is 31.2 Å². The third-order valence-corrected chi connectivity index (χ3v) is 6.30. The quantitative estimate of drug-likeness (QED) is 0.467. The van der Waals surface area contributed by atoms with Gasteiger partial charge in [0.1, 0.15) is 5.84 Å². The maximum absolute atomic E-state index is 12.5. The topological polar surface area (TPSA) is 160 Å². The van der Waals surface area contributed by atoms with Crippen LogP contribution in [0.1, 0.15) is 23.2 Å². The lowest BCUT2D eigenvalue weighted by Crippen LogP contribution is -2.29. The number of amides is 1. The van der Waals surface area contributed by atoms with Crippen molar-refractivity contribution in [2.24, 2.45) is 4.99 Å². The van der Waals surface area contributed by atoms with Gasteiger partial charge in [-0.1, -0.05) is 18.2 Å². The van der Waals surface area contributed by atoms with Crippen LogP contribution < -0.4 is 14.8 Å². The molecular formula is C20H22N4O7S2. The number of esters is 1. The second-order valence-corrected chi connectivity index (χ2v) is 10.5. The Hall–Kier alpha value is -3.45. The molecule has 33 heavy (non-hydrogen) atoms. The Labute approximate surface area is 191 Å². The van der Waals surface area contributed by atoms with Crippen molar-refractivity contribution in [3.63, 3.8) is 0 Å². The molecule has 0 aromatic heterocycles. The predicted molar refractivity (Wildman–Crippen MR) is 122 cm³/mol. The van der Waals surface area contributed by atoms with Gasteiger partial charge in [-0.25, -0.2) is 21.6 Å². The van der Waals surface area contributed by atoms with E-state index in [1.165, 1.54) is 48.5 Å². The van der Waals surface area contributed by atoms with Crippen LogP contribution in [-0.4, -0.2) is 54.0 Å². The Morgan fingerprint density at radius 3 is 2.48 bits per heavy atom. The van der Waals surface area contributed by atoms with E-state index >= 15 is 0 Å². The Bertz CT molecular complexity index is 1310. The molecule has 1 aliphatic heterocycles. The van der Waals surface area contributed by atoms with Crippen molar-refractivity contribution in [2.45, 2.75) is 17.7 Å². The lowest BCUT2D eigenvalue weighted by Gasteiger charge is -2.11. The van der Waals surface area contributed by atoms with E-state index in [0.717, 1.165) is 12.7 Å². The van der Waals surface area contributed by atoms with Crippen LogP contribution >= 0.6 is 0 Å².